The molecule has 0 fully saturated rings. The van der Waals surface area contributed by atoms with Crippen molar-refractivity contribution in [1.82, 2.24) is 16.2 Å². The third-order valence-corrected chi connectivity index (χ3v) is 4.07. The standard InChI is InChI=1S/C16H13BrClN3O3S/c1-24-13-7-6-9(17)8-11(13)14(22)19-16(25)21-20-15(23)10-4-2-3-5-12(10)18/h2-8H,1H3,(H,20,23)(H2,19,21,22,25). The van der Waals surface area contributed by atoms with Crippen molar-refractivity contribution in [2.24, 2.45) is 0 Å². The van der Waals surface area contributed by atoms with E-state index < -0.39 is 11.8 Å². The highest BCUT2D eigenvalue weighted by Crippen LogP contribution is 2.22. The fourth-order valence-electron chi connectivity index (χ4n) is 1.89. The van der Waals surface area contributed by atoms with Crippen LogP contribution in [0.2, 0.25) is 5.02 Å². The monoisotopic (exact) mass is 441 g/mol. The number of thiocarbonyl (C=S) groups is 1. The first-order chi connectivity index (χ1) is 11.9. The van der Waals surface area contributed by atoms with Crippen LogP contribution in [0.4, 0.5) is 0 Å². The largest absolute Gasteiger partial charge is 0.496 e. The highest BCUT2D eigenvalue weighted by Gasteiger charge is 2.15. The number of ether oxygens (including phenoxy) is 1. The molecule has 0 spiro atoms. The van der Waals surface area contributed by atoms with Crippen molar-refractivity contribution in [2.45, 2.75) is 0 Å². The normalized spacial score (nSPS) is 9.88. The Morgan fingerprint density at radius 2 is 1.80 bits per heavy atom. The van der Waals surface area contributed by atoms with Gasteiger partial charge in [0.05, 0.1) is 23.3 Å². The number of benzene rings is 2. The molecule has 0 heterocycles. The minimum atomic E-state index is -0.484. The van der Waals surface area contributed by atoms with Crippen molar-refractivity contribution in [1.29, 1.82) is 0 Å². The van der Waals surface area contributed by atoms with Crippen LogP contribution in [0.15, 0.2) is 46.9 Å². The highest BCUT2D eigenvalue weighted by molar-refractivity contribution is 9.10. The third kappa shape index (κ3) is 5.15. The van der Waals surface area contributed by atoms with Gasteiger partial charge in [-0.05, 0) is 42.5 Å². The van der Waals surface area contributed by atoms with E-state index in [1.807, 2.05) is 0 Å². The average Bonchev–Trinajstić information content (AvgIpc) is 2.60. The average molecular weight is 443 g/mol. The molecule has 0 radical (unpaired) electrons. The lowest BCUT2D eigenvalue weighted by molar-refractivity contribution is 0.0934. The van der Waals surface area contributed by atoms with Gasteiger partial charge in [-0.1, -0.05) is 39.7 Å². The summed E-state index contributed by atoms with van der Waals surface area (Å²) in [5.41, 5.74) is 5.38. The van der Waals surface area contributed by atoms with Gasteiger partial charge in [0.15, 0.2) is 5.11 Å². The Balaban J connectivity index is 1.96. The van der Waals surface area contributed by atoms with Gasteiger partial charge < -0.3 is 4.74 Å². The first kappa shape index (κ1) is 19.2. The van der Waals surface area contributed by atoms with E-state index >= 15 is 0 Å². The Bertz CT molecular complexity index is 832. The van der Waals surface area contributed by atoms with Gasteiger partial charge in [-0.15, -0.1) is 0 Å². The summed E-state index contributed by atoms with van der Waals surface area (Å²) in [4.78, 5) is 24.3. The molecule has 0 aliphatic rings. The number of hydrogen-bond acceptors (Lipinski definition) is 4. The second-order valence-corrected chi connectivity index (χ2v) is 6.42. The van der Waals surface area contributed by atoms with Gasteiger partial charge in [0.25, 0.3) is 11.8 Å². The molecule has 2 rings (SSSR count). The lowest BCUT2D eigenvalue weighted by atomic mass is 10.2. The van der Waals surface area contributed by atoms with E-state index in [0.717, 1.165) is 0 Å². The molecule has 2 aromatic carbocycles. The molecule has 3 N–H and O–H groups in total. The molecule has 0 saturated carbocycles. The molecule has 0 unspecified atom stereocenters. The quantitative estimate of drug-likeness (QED) is 0.503. The number of amides is 2. The fraction of sp³-hybridized carbons (Fsp3) is 0.0625. The summed E-state index contributed by atoms with van der Waals surface area (Å²) in [5.74, 6) is -0.575. The molecule has 2 amide bonds. The molecule has 25 heavy (non-hydrogen) atoms. The molecule has 0 bridgehead atoms. The number of hydrazine groups is 1. The van der Waals surface area contributed by atoms with Crippen LogP contribution in [0.3, 0.4) is 0 Å². The number of rotatable bonds is 3. The van der Waals surface area contributed by atoms with Crippen molar-refractivity contribution in [3.05, 3.63) is 63.1 Å². The maximum Gasteiger partial charge on any atom is 0.271 e. The minimum absolute atomic E-state index is 0.0765. The molecule has 0 aromatic heterocycles. The SMILES string of the molecule is COc1ccc(Br)cc1C(=O)NC(=S)NNC(=O)c1ccccc1Cl. The Hall–Kier alpha value is -2.16. The molecule has 0 aliphatic heterocycles. The maximum absolute atomic E-state index is 12.3. The van der Waals surface area contributed by atoms with E-state index in [0.29, 0.717) is 20.8 Å². The first-order valence-electron chi connectivity index (χ1n) is 6.92. The first-order valence-corrected chi connectivity index (χ1v) is 8.50. The zero-order chi connectivity index (χ0) is 18.4. The van der Waals surface area contributed by atoms with E-state index in [-0.39, 0.29) is 10.7 Å². The van der Waals surface area contributed by atoms with Crippen molar-refractivity contribution in [2.75, 3.05) is 7.11 Å². The molecule has 130 valence electrons. The summed E-state index contributed by atoms with van der Waals surface area (Å²) in [6, 6.07) is 11.5. The minimum Gasteiger partial charge on any atom is -0.496 e. The molecule has 0 aliphatic carbocycles. The summed E-state index contributed by atoms with van der Waals surface area (Å²) >= 11 is 14.2. The Morgan fingerprint density at radius 3 is 2.48 bits per heavy atom. The topological polar surface area (TPSA) is 79.5 Å². The van der Waals surface area contributed by atoms with Crippen LogP contribution in [-0.2, 0) is 0 Å². The van der Waals surface area contributed by atoms with Gasteiger partial charge in [0, 0.05) is 4.47 Å². The zero-order valence-corrected chi connectivity index (χ0v) is 16.1. The van der Waals surface area contributed by atoms with Gasteiger partial charge in [-0.25, -0.2) is 0 Å². The number of halogens is 2. The maximum atomic E-state index is 12.3. The van der Waals surface area contributed by atoms with Crippen LogP contribution in [0.25, 0.3) is 0 Å². The summed E-state index contributed by atoms with van der Waals surface area (Å²) in [6.45, 7) is 0. The van der Waals surface area contributed by atoms with Crippen molar-refractivity contribution in [3.8, 4) is 5.75 Å². The molecule has 0 atom stereocenters. The van der Waals surface area contributed by atoms with Crippen molar-refractivity contribution >= 4 is 56.7 Å². The van der Waals surface area contributed by atoms with E-state index in [1.54, 1.807) is 42.5 Å². The number of carbonyl (C=O) groups excluding carboxylic acids is 2. The highest BCUT2D eigenvalue weighted by atomic mass is 79.9. The molecular weight excluding hydrogens is 430 g/mol. The fourth-order valence-corrected chi connectivity index (χ4v) is 2.61. The zero-order valence-electron chi connectivity index (χ0n) is 12.9. The number of carbonyl (C=O) groups is 2. The van der Waals surface area contributed by atoms with Gasteiger partial charge in [-0.2, -0.15) is 0 Å². The van der Waals surface area contributed by atoms with E-state index in [9.17, 15) is 9.59 Å². The van der Waals surface area contributed by atoms with Gasteiger partial charge in [0.1, 0.15) is 5.75 Å². The van der Waals surface area contributed by atoms with Crippen LogP contribution in [0.1, 0.15) is 20.7 Å². The van der Waals surface area contributed by atoms with Crippen LogP contribution < -0.4 is 20.9 Å². The Kier molecular flexibility index (Phi) is 6.74. The van der Waals surface area contributed by atoms with Crippen LogP contribution >= 0.6 is 39.7 Å². The second kappa shape index (κ2) is 8.80. The molecule has 2 aromatic rings. The number of nitrogens with one attached hydrogen (secondary N) is 3. The Labute approximate surface area is 163 Å². The predicted octanol–water partition coefficient (Wildman–Crippen LogP) is 3.06. The van der Waals surface area contributed by atoms with Crippen molar-refractivity contribution in [3.63, 3.8) is 0 Å². The third-order valence-electron chi connectivity index (χ3n) is 3.04. The van der Waals surface area contributed by atoms with E-state index in [1.165, 1.54) is 7.11 Å². The lowest BCUT2D eigenvalue weighted by Crippen LogP contribution is -2.48. The summed E-state index contributed by atoms with van der Waals surface area (Å²) < 4.78 is 5.85. The molecular formula is C16H13BrClN3O3S. The molecule has 9 heteroatoms. The van der Waals surface area contributed by atoms with E-state index in [2.05, 4.69) is 32.1 Å². The van der Waals surface area contributed by atoms with Gasteiger partial charge in [0.2, 0.25) is 0 Å². The summed E-state index contributed by atoms with van der Waals surface area (Å²) in [6.07, 6.45) is 0. The van der Waals surface area contributed by atoms with E-state index in [4.69, 9.17) is 28.6 Å². The summed E-state index contributed by atoms with van der Waals surface area (Å²) in [5, 5.41) is 2.68. The second-order valence-electron chi connectivity index (χ2n) is 4.69. The van der Waals surface area contributed by atoms with Crippen LogP contribution in [-0.4, -0.2) is 24.0 Å². The van der Waals surface area contributed by atoms with Gasteiger partial charge in [-0.3, -0.25) is 25.8 Å². The lowest BCUT2D eigenvalue weighted by Gasteiger charge is -2.13. The summed E-state index contributed by atoms with van der Waals surface area (Å²) in [7, 11) is 1.46. The number of methoxy groups -OCH3 is 1. The Morgan fingerprint density at radius 1 is 1.08 bits per heavy atom. The predicted molar refractivity (Wildman–Crippen MR) is 103 cm³/mol. The smallest absolute Gasteiger partial charge is 0.271 e. The number of hydrogen-bond donors (Lipinski definition) is 3. The van der Waals surface area contributed by atoms with Crippen molar-refractivity contribution < 1.29 is 14.3 Å². The van der Waals surface area contributed by atoms with Gasteiger partial charge >= 0.3 is 0 Å². The van der Waals surface area contributed by atoms with Crippen LogP contribution in [0.5, 0.6) is 5.75 Å². The molecule has 0 saturated heterocycles. The van der Waals surface area contributed by atoms with Crippen LogP contribution in [0, 0.1) is 0 Å². The molecule has 6 nitrogen and oxygen atoms in total.